The molecule has 0 saturated heterocycles. The van der Waals surface area contributed by atoms with Crippen LogP contribution in [0.2, 0.25) is 0 Å². The SMILES string of the molecule is C=C(O)C(O)C(O)C(O)C(O)C=O.O. The minimum atomic E-state index is -1.86. The monoisotopic (exact) mass is 210 g/mol. The van der Waals surface area contributed by atoms with Crippen LogP contribution in [0.1, 0.15) is 0 Å². The molecule has 0 heterocycles. The predicted molar refractivity (Wildman–Crippen MR) is 45.5 cm³/mol. The van der Waals surface area contributed by atoms with Gasteiger partial charge in [0.05, 0.1) is 0 Å². The number of hydrogen-bond acceptors (Lipinski definition) is 6. The summed E-state index contributed by atoms with van der Waals surface area (Å²) < 4.78 is 0. The first-order valence-corrected chi connectivity index (χ1v) is 3.47. The van der Waals surface area contributed by atoms with Crippen LogP contribution in [0.4, 0.5) is 0 Å². The zero-order valence-electron chi connectivity index (χ0n) is 7.24. The molecule has 84 valence electrons. The minimum absolute atomic E-state index is 0. The molecule has 0 aliphatic rings. The van der Waals surface area contributed by atoms with Crippen LogP contribution >= 0.6 is 0 Å². The molecule has 0 aromatic heterocycles. The van der Waals surface area contributed by atoms with Gasteiger partial charge in [-0.05, 0) is 0 Å². The molecule has 7 heteroatoms. The van der Waals surface area contributed by atoms with E-state index in [1.165, 1.54) is 0 Å². The van der Waals surface area contributed by atoms with E-state index in [-0.39, 0.29) is 11.8 Å². The van der Waals surface area contributed by atoms with E-state index < -0.39 is 30.2 Å². The normalized spacial score (nSPS) is 18.6. The van der Waals surface area contributed by atoms with Crippen molar-refractivity contribution >= 4 is 6.29 Å². The maximum atomic E-state index is 9.96. The Morgan fingerprint density at radius 2 is 1.57 bits per heavy atom. The molecule has 0 fully saturated rings. The maximum Gasteiger partial charge on any atom is 0.151 e. The second-order valence-corrected chi connectivity index (χ2v) is 2.54. The van der Waals surface area contributed by atoms with E-state index in [0.717, 1.165) is 0 Å². The van der Waals surface area contributed by atoms with Gasteiger partial charge in [0, 0.05) is 0 Å². The molecule has 0 radical (unpaired) electrons. The van der Waals surface area contributed by atoms with E-state index in [1.54, 1.807) is 0 Å². The molecule has 4 atom stereocenters. The van der Waals surface area contributed by atoms with Crippen LogP contribution < -0.4 is 0 Å². The van der Waals surface area contributed by atoms with Crippen LogP contribution in [0.25, 0.3) is 0 Å². The van der Waals surface area contributed by atoms with Gasteiger partial charge in [-0.25, -0.2) is 0 Å². The van der Waals surface area contributed by atoms with E-state index in [4.69, 9.17) is 25.5 Å². The van der Waals surface area contributed by atoms with Gasteiger partial charge in [-0.3, -0.25) is 0 Å². The first-order valence-electron chi connectivity index (χ1n) is 3.47. The molecular formula is C7H14O7. The summed E-state index contributed by atoms with van der Waals surface area (Å²) in [5, 5.41) is 44.2. The smallest absolute Gasteiger partial charge is 0.151 e. The summed E-state index contributed by atoms with van der Waals surface area (Å²) in [4.78, 5) is 9.96. The van der Waals surface area contributed by atoms with Crippen LogP contribution in [0.15, 0.2) is 12.3 Å². The van der Waals surface area contributed by atoms with Crippen molar-refractivity contribution in [2.45, 2.75) is 24.4 Å². The van der Waals surface area contributed by atoms with Gasteiger partial charge in [-0.1, -0.05) is 6.58 Å². The van der Waals surface area contributed by atoms with Gasteiger partial charge in [0.25, 0.3) is 0 Å². The molecule has 0 aliphatic heterocycles. The molecule has 0 aromatic carbocycles. The second kappa shape index (κ2) is 6.46. The van der Waals surface area contributed by atoms with Crippen molar-refractivity contribution in [3.05, 3.63) is 12.3 Å². The van der Waals surface area contributed by atoms with Crippen molar-refractivity contribution in [2.24, 2.45) is 0 Å². The standard InChI is InChI=1S/C7H12O6.H2O/c1-3(9)5(11)7(13)6(12)4(10)2-8;/h2,4-7,9-13H,1H2;1H2. The Hall–Kier alpha value is -0.990. The van der Waals surface area contributed by atoms with Gasteiger partial charge < -0.3 is 35.8 Å². The molecule has 4 unspecified atom stereocenters. The Morgan fingerprint density at radius 1 is 1.14 bits per heavy atom. The number of hydrogen-bond donors (Lipinski definition) is 5. The Bertz CT molecular complexity index is 192. The molecule has 7 nitrogen and oxygen atoms in total. The first-order chi connectivity index (χ1) is 5.91. The predicted octanol–water partition coefficient (Wildman–Crippen LogP) is -3.12. The largest absolute Gasteiger partial charge is 0.510 e. The van der Waals surface area contributed by atoms with Crippen molar-refractivity contribution in [1.29, 1.82) is 0 Å². The summed E-state index contributed by atoms with van der Waals surface area (Å²) in [6, 6.07) is 0. The van der Waals surface area contributed by atoms with Gasteiger partial charge in [0.2, 0.25) is 0 Å². The highest BCUT2D eigenvalue weighted by Crippen LogP contribution is 2.08. The highest BCUT2D eigenvalue weighted by molar-refractivity contribution is 5.56. The summed E-state index contributed by atoms with van der Waals surface area (Å²) >= 11 is 0. The van der Waals surface area contributed by atoms with E-state index >= 15 is 0 Å². The van der Waals surface area contributed by atoms with Crippen molar-refractivity contribution in [3.63, 3.8) is 0 Å². The molecule has 14 heavy (non-hydrogen) atoms. The maximum absolute atomic E-state index is 9.96. The summed E-state index contributed by atoms with van der Waals surface area (Å²) in [6.07, 6.45) is -7.34. The third kappa shape index (κ3) is 3.81. The summed E-state index contributed by atoms with van der Waals surface area (Å²) in [5.74, 6) is -0.760. The third-order valence-electron chi connectivity index (χ3n) is 1.50. The summed E-state index contributed by atoms with van der Waals surface area (Å²) in [5.41, 5.74) is 0. The molecule has 0 spiro atoms. The van der Waals surface area contributed by atoms with Gasteiger partial charge in [-0.2, -0.15) is 0 Å². The highest BCUT2D eigenvalue weighted by atomic mass is 16.4. The lowest BCUT2D eigenvalue weighted by Crippen LogP contribution is -2.45. The third-order valence-corrected chi connectivity index (χ3v) is 1.50. The van der Waals surface area contributed by atoms with Crippen LogP contribution in [-0.2, 0) is 4.79 Å². The van der Waals surface area contributed by atoms with Crippen molar-refractivity contribution in [3.8, 4) is 0 Å². The molecular weight excluding hydrogens is 196 g/mol. The Labute approximate surface area is 79.9 Å². The van der Waals surface area contributed by atoms with E-state index in [1.807, 2.05) is 0 Å². The summed E-state index contributed by atoms with van der Waals surface area (Å²) in [6.45, 7) is 2.91. The second-order valence-electron chi connectivity index (χ2n) is 2.54. The minimum Gasteiger partial charge on any atom is -0.510 e. The first kappa shape index (κ1) is 15.5. The topological polar surface area (TPSA) is 150 Å². The van der Waals surface area contributed by atoms with Crippen molar-refractivity contribution in [1.82, 2.24) is 0 Å². The Balaban J connectivity index is 0. The van der Waals surface area contributed by atoms with Crippen molar-refractivity contribution in [2.75, 3.05) is 0 Å². The van der Waals surface area contributed by atoms with Crippen LogP contribution in [0.3, 0.4) is 0 Å². The van der Waals surface area contributed by atoms with Crippen molar-refractivity contribution < 1.29 is 35.8 Å². The Kier molecular flexibility index (Phi) is 7.15. The molecule has 0 amide bonds. The number of aliphatic hydroxyl groups excluding tert-OH is 5. The molecule has 7 N–H and O–H groups in total. The molecule has 0 bridgehead atoms. The molecule has 0 saturated carbocycles. The zero-order valence-corrected chi connectivity index (χ0v) is 7.24. The fourth-order valence-electron chi connectivity index (χ4n) is 0.666. The molecule has 0 rings (SSSR count). The quantitative estimate of drug-likeness (QED) is 0.239. The van der Waals surface area contributed by atoms with Crippen LogP contribution in [-0.4, -0.2) is 61.7 Å². The van der Waals surface area contributed by atoms with Gasteiger partial charge in [0.15, 0.2) is 6.29 Å². The van der Waals surface area contributed by atoms with Gasteiger partial charge in [-0.15, -0.1) is 0 Å². The molecule has 0 aromatic rings. The lowest BCUT2D eigenvalue weighted by atomic mass is 10.0. The van der Waals surface area contributed by atoms with E-state index in [2.05, 4.69) is 6.58 Å². The van der Waals surface area contributed by atoms with Crippen LogP contribution in [0, 0.1) is 0 Å². The molecule has 0 aliphatic carbocycles. The summed E-state index contributed by atoms with van der Waals surface area (Å²) in [7, 11) is 0. The fourth-order valence-corrected chi connectivity index (χ4v) is 0.666. The highest BCUT2D eigenvalue weighted by Gasteiger charge is 2.31. The number of carbonyl (C=O) groups is 1. The lowest BCUT2D eigenvalue weighted by Gasteiger charge is -2.23. The number of carbonyl (C=O) groups excluding carboxylic acids is 1. The van der Waals surface area contributed by atoms with E-state index in [9.17, 15) is 4.79 Å². The Morgan fingerprint density at radius 3 is 1.86 bits per heavy atom. The average Bonchev–Trinajstić information content (AvgIpc) is 2.12. The number of aldehydes is 1. The van der Waals surface area contributed by atoms with Crippen LogP contribution in [0.5, 0.6) is 0 Å². The average molecular weight is 210 g/mol. The van der Waals surface area contributed by atoms with Gasteiger partial charge >= 0.3 is 0 Å². The zero-order chi connectivity index (χ0) is 10.6. The number of aliphatic hydroxyl groups is 5. The lowest BCUT2D eigenvalue weighted by molar-refractivity contribution is -0.132. The van der Waals surface area contributed by atoms with E-state index in [0.29, 0.717) is 0 Å². The van der Waals surface area contributed by atoms with Gasteiger partial charge in [0.1, 0.15) is 30.2 Å². The number of rotatable bonds is 5. The fraction of sp³-hybridized carbons (Fsp3) is 0.571.